The molecule has 0 aliphatic heterocycles. The quantitative estimate of drug-likeness (QED) is 0.543. The number of nitrogens with one attached hydrogen (secondary N) is 2. The number of hydrogen-bond donors (Lipinski definition) is 2. The predicted molar refractivity (Wildman–Crippen MR) is 102 cm³/mol. The minimum atomic E-state index is -4.49. The topological polar surface area (TPSA) is 59.0 Å². The van der Waals surface area contributed by atoms with E-state index in [9.17, 15) is 18.0 Å². The van der Waals surface area contributed by atoms with Gasteiger partial charge in [0.05, 0.1) is 24.0 Å². The summed E-state index contributed by atoms with van der Waals surface area (Å²) < 4.78 is 39.7. The standard InChI is InChI=1S/C18H13Cl2F3N4O/c19-13-5-4-11(16(20)7-13)9-27-10-15(8-24-27)26-17(28)25-14-3-1-2-12(6-14)18(21,22)23/h1-8,10H,9H2,(H2,25,26,28). The summed E-state index contributed by atoms with van der Waals surface area (Å²) in [7, 11) is 0. The van der Waals surface area contributed by atoms with Crippen molar-refractivity contribution in [3.05, 3.63) is 76.0 Å². The van der Waals surface area contributed by atoms with Gasteiger partial charge in [-0.1, -0.05) is 35.3 Å². The molecule has 28 heavy (non-hydrogen) atoms. The molecular formula is C18H13Cl2F3N4O. The van der Waals surface area contributed by atoms with Gasteiger partial charge in [-0.15, -0.1) is 0 Å². The number of aromatic nitrogens is 2. The number of benzene rings is 2. The van der Waals surface area contributed by atoms with Crippen molar-refractivity contribution in [2.24, 2.45) is 0 Å². The Bertz CT molecular complexity index is 1000. The van der Waals surface area contributed by atoms with E-state index < -0.39 is 17.8 Å². The maximum absolute atomic E-state index is 12.7. The largest absolute Gasteiger partial charge is 0.416 e. The van der Waals surface area contributed by atoms with Crippen molar-refractivity contribution in [1.82, 2.24) is 9.78 Å². The average molecular weight is 429 g/mol. The lowest BCUT2D eigenvalue weighted by Gasteiger charge is -2.10. The molecule has 146 valence electrons. The zero-order valence-electron chi connectivity index (χ0n) is 14.1. The molecule has 0 bridgehead atoms. The van der Waals surface area contributed by atoms with Gasteiger partial charge < -0.3 is 10.6 Å². The maximum atomic E-state index is 12.7. The lowest BCUT2D eigenvalue weighted by molar-refractivity contribution is -0.137. The summed E-state index contributed by atoms with van der Waals surface area (Å²) in [6, 6.07) is 8.74. The number of amides is 2. The highest BCUT2D eigenvalue weighted by Crippen LogP contribution is 2.30. The molecule has 0 aliphatic rings. The van der Waals surface area contributed by atoms with Crippen molar-refractivity contribution >= 4 is 40.6 Å². The van der Waals surface area contributed by atoms with Crippen molar-refractivity contribution in [2.45, 2.75) is 12.7 Å². The molecule has 1 aromatic heterocycles. The molecule has 5 nitrogen and oxygen atoms in total. The number of rotatable bonds is 4. The van der Waals surface area contributed by atoms with Crippen LogP contribution in [0, 0.1) is 0 Å². The van der Waals surface area contributed by atoms with Gasteiger partial charge in [0.15, 0.2) is 0 Å². The second kappa shape index (κ2) is 8.12. The molecule has 0 unspecified atom stereocenters. The summed E-state index contributed by atoms with van der Waals surface area (Å²) in [5, 5.41) is 9.98. The van der Waals surface area contributed by atoms with Crippen LogP contribution in [-0.4, -0.2) is 15.8 Å². The van der Waals surface area contributed by atoms with Crippen LogP contribution in [0.25, 0.3) is 0 Å². The first-order valence-corrected chi connectivity index (χ1v) is 8.68. The molecule has 0 saturated heterocycles. The summed E-state index contributed by atoms with van der Waals surface area (Å²) >= 11 is 12.0. The van der Waals surface area contributed by atoms with E-state index in [1.54, 1.807) is 29.1 Å². The molecule has 2 aromatic carbocycles. The van der Waals surface area contributed by atoms with E-state index in [4.69, 9.17) is 23.2 Å². The Morgan fingerprint density at radius 1 is 1.07 bits per heavy atom. The third-order valence-electron chi connectivity index (χ3n) is 3.69. The van der Waals surface area contributed by atoms with Crippen molar-refractivity contribution in [2.75, 3.05) is 10.6 Å². The minimum Gasteiger partial charge on any atom is -0.308 e. The lowest BCUT2D eigenvalue weighted by Crippen LogP contribution is -2.19. The first-order valence-electron chi connectivity index (χ1n) is 7.92. The Kier molecular flexibility index (Phi) is 5.81. The first-order chi connectivity index (χ1) is 13.2. The highest BCUT2D eigenvalue weighted by atomic mass is 35.5. The van der Waals surface area contributed by atoms with E-state index in [1.807, 2.05) is 0 Å². The Morgan fingerprint density at radius 3 is 2.54 bits per heavy atom. The van der Waals surface area contributed by atoms with E-state index in [1.165, 1.54) is 18.3 Å². The fourth-order valence-corrected chi connectivity index (χ4v) is 2.87. The van der Waals surface area contributed by atoms with Crippen LogP contribution in [0.4, 0.5) is 29.3 Å². The number of nitrogens with zero attached hydrogens (tertiary/aromatic N) is 2. The number of anilines is 2. The summed E-state index contributed by atoms with van der Waals surface area (Å²) in [5.41, 5.74) is 0.328. The summed E-state index contributed by atoms with van der Waals surface area (Å²) in [5.74, 6) is 0. The zero-order valence-corrected chi connectivity index (χ0v) is 15.6. The van der Waals surface area contributed by atoms with Gasteiger partial charge in [0.25, 0.3) is 0 Å². The molecule has 0 atom stereocenters. The molecule has 0 aliphatic carbocycles. The number of hydrogen-bond acceptors (Lipinski definition) is 2. The van der Waals surface area contributed by atoms with Gasteiger partial charge in [-0.05, 0) is 35.9 Å². The molecular weight excluding hydrogens is 416 g/mol. The van der Waals surface area contributed by atoms with Crippen LogP contribution in [0.15, 0.2) is 54.9 Å². The monoisotopic (exact) mass is 428 g/mol. The minimum absolute atomic E-state index is 0.0210. The van der Waals surface area contributed by atoms with Gasteiger partial charge in [-0.3, -0.25) is 4.68 Å². The highest BCUT2D eigenvalue weighted by molar-refractivity contribution is 6.35. The van der Waals surface area contributed by atoms with Crippen molar-refractivity contribution < 1.29 is 18.0 Å². The Morgan fingerprint density at radius 2 is 1.82 bits per heavy atom. The van der Waals surface area contributed by atoms with E-state index >= 15 is 0 Å². The van der Waals surface area contributed by atoms with Crippen LogP contribution in [0.5, 0.6) is 0 Å². The number of alkyl halides is 3. The summed E-state index contributed by atoms with van der Waals surface area (Å²) in [6.45, 7) is 0.354. The van der Waals surface area contributed by atoms with Crippen molar-refractivity contribution in [3.63, 3.8) is 0 Å². The third-order valence-corrected chi connectivity index (χ3v) is 4.27. The van der Waals surface area contributed by atoms with Gasteiger partial charge in [0, 0.05) is 21.9 Å². The zero-order chi connectivity index (χ0) is 20.3. The summed E-state index contributed by atoms with van der Waals surface area (Å²) in [6.07, 6.45) is -1.51. The first kappa shape index (κ1) is 20.0. The Hall–Kier alpha value is -2.71. The van der Waals surface area contributed by atoms with Crippen LogP contribution in [0.3, 0.4) is 0 Å². The van der Waals surface area contributed by atoms with Gasteiger partial charge >= 0.3 is 12.2 Å². The van der Waals surface area contributed by atoms with Crippen molar-refractivity contribution in [3.8, 4) is 0 Å². The second-order valence-corrected chi connectivity index (χ2v) is 6.66. The SMILES string of the molecule is O=C(Nc1cccc(C(F)(F)F)c1)Nc1cnn(Cc2ccc(Cl)cc2Cl)c1. The third kappa shape index (κ3) is 5.17. The molecule has 0 fully saturated rings. The lowest BCUT2D eigenvalue weighted by atomic mass is 10.2. The average Bonchev–Trinajstić information content (AvgIpc) is 3.03. The molecule has 0 saturated carbocycles. The van der Waals surface area contributed by atoms with E-state index in [0.717, 1.165) is 17.7 Å². The van der Waals surface area contributed by atoms with Crippen LogP contribution >= 0.6 is 23.2 Å². The Labute approximate surface area is 168 Å². The van der Waals surface area contributed by atoms with Crippen LogP contribution < -0.4 is 10.6 Å². The normalized spacial score (nSPS) is 11.3. The molecule has 10 heteroatoms. The fourth-order valence-electron chi connectivity index (χ4n) is 2.41. The highest BCUT2D eigenvalue weighted by Gasteiger charge is 2.30. The molecule has 2 amide bonds. The Balaban J connectivity index is 1.62. The number of halogens is 5. The van der Waals surface area contributed by atoms with Crippen molar-refractivity contribution in [1.29, 1.82) is 0 Å². The van der Waals surface area contributed by atoms with Gasteiger partial charge in [0.2, 0.25) is 0 Å². The van der Waals surface area contributed by atoms with E-state index in [2.05, 4.69) is 15.7 Å². The molecule has 0 spiro atoms. The smallest absolute Gasteiger partial charge is 0.308 e. The fraction of sp³-hybridized carbons (Fsp3) is 0.111. The predicted octanol–water partition coefficient (Wildman–Crippen LogP) is 5.90. The van der Waals surface area contributed by atoms with Crippen LogP contribution in [0.1, 0.15) is 11.1 Å². The van der Waals surface area contributed by atoms with Gasteiger partial charge in [-0.2, -0.15) is 18.3 Å². The van der Waals surface area contributed by atoms with Gasteiger partial charge in [0.1, 0.15) is 0 Å². The summed E-state index contributed by atoms with van der Waals surface area (Å²) in [4.78, 5) is 12.0. The van der Waals surface area contributed by atoms with E-state index in [-0.39, 0.29) is 5.69 Å². The number of urea groups is 1. The van der Waals surface area contributed by atoms with Gasteiger partial charge in [-0.25, -0.2) is 4.79 Å². The molecule has 1 heterocycles. The number of carbonyl (C=O) groups is 1. The second-order valence-electron chi connectivity index (χ2n) is 5.82. The number of carbonyl (C=O) groups excluding carboxylic acids is 1. The molecule has 3 rings (SSSR count). The molecule has 0 radical (unpaired) electrons. The van der Waals surface area contributed by atoms with E-state index in [0.29, 0.717) is 22.3 Å². The molecule has 3 aromatic rings. The van der Waals surface area contributed by atoms with Crippen LogP contribution in [0.2, 0.25) is 10.0 Å². The maximum Gasteiger partial charge on any atom is 0.416 e. The van der Waals surface area contributed by atoms with Crippen LogP contribution in [-0.2, 0) is 12.7 Å². The molecule has 2 N–H and O–H groups in total.